The van der Waals surface area contributed by atoms with Gasteiger partial charge in [0, 0.05) is 23.5 Å². The van der Waals surface area contributed by atoms with Gasteiger partial charge in [-0.1, -0.05) is 39.0 Å². The van der Waals surface area contributed by atoms with Gasteiger partial charge in [0.05, 0.1) is 0 Å². The summed E-state index contributed by atoms with van der Waals surface area (Å²) in [5, 5.41) is 6.13. The number of benzene rings is 2. The first kappa shape index (κ1) is 18.7. The Morgan fingerprint density at radius 1 is 1.00 bits per heavy atom. The topological polar surface area (TPSA) is 85.4 Å². The summed E-state index contributed by atoms with van der Waals surface area (Å²) in [4.78, 5) is 21.1. The van der Waals surface area contributed by atoms with Crippen LogP contribution in [-0.2, 0) is 5.41 Å². The Balaban J connectivity index is 1.52. The van der Waals surface area contributed by atoms with E-state index in [2.05, 4.69) is 41.4 Å². The quantitative estimate of drug-likeness (QED) is 0.682. The highest BCUT2D eigenvalue weighted by Gasteiger charge is 2.20. The van der Waals surface area contributed by atoms with Crippen LogP contribution in [0.3, 0.4) is 0 Å². The molecule has 0 fully saturated rings. The number of ether oxygens (including phenoxy) is 2. The molecule has 0 saturated carbocycles. The maximum absolute atomic E-state index is 12.8. The summed E-state index contributed by atoms with van der Waals surface area (Å²) in [5.41, 5.74) is 2.78. The van der Waals surface area contributed by atoms with E-state index < -0.39 is 0 Å². The standard InChI is InChI=1S/C22H22N4O3/c1-22(2,3)15-6-4-5-7-16(15)26-21(27)17-11-20(24-12-23-17)25-14-8-9-18-19(10-14)29-13-28-18/h4-12H,13H2,1-3H3,(H,26,27)(H,23,24,25). The van der Waals surface area contributed by atoms with Crippen molar-refractivity contribution in [3.05, 3.63) is 66.1 Å². The molecule has 0 aliphatic carbocycles. The van der Waals surface area contributed by atoms with E-state index in [0.717, 1.165) is 16.9 Å². The lowest BCUT2D eigenvalue weighted by atomic mass is 9.86. The molecule has 2 aromatic carbocycles. The zero-order chi connectivity index (χ0) is 20.4. The van der Waals surface area contributed by atoms with E-state index >= 15 is 0 Å². The molecular formula is C22H22N4O3. The Bertz CT molecular complexity index is 1060. The van der Waals surface area contributed by atoms with Gasteiger partial charge in [0.25, 0.3) is 5.91 Å². The van der Waals surface area contributed by atoms with Gasteiger partial charge in [-0.3, -0.25) is 4.79 Å². The van der Waals surface area contributed by atoms with Gasteiger partial charge in [-0.05, 0) is 29.2 Å². The fourth-order valence-corrected chi connectivity index (χ4v) is 3.10. The average molecular weight is 390 g/mol. The Labute approximate surface area is 169 Å². The van der Waals surface area contributed by atoms with Gasteiger partial charge < -0.3 is 20.1 Å². The molecule has 0 bridgehead atoms. The van der Waals surface area contributed by atoms with Gasteiger partial charge in [0.2, 0.25) is 6.79 Å². The molecule has 148 valence electrons. The second-order valence-electron chi connectivity index (χ2n) is 7.73. The van der Waals surface area contributed by atoms with Crippen molar-refractivity contribution >= 4 is 23.1 Å². The van der Waals surface area contributed by atoms with Crippen LogP contribution in [0.25, 0.3) is 0 Å². The van der Waals surface area contributed by atoms with Gasteiger partial charge in [-0.25, -0.2) is 9.97 Å². The normalized spacial score (nSPS) is 12.5. The zero-order valence-electron chi connectivity index (χ0n) is 16.5. The first-order valence-corrected chi connectivity index (χ1v) is 9.30. The van der Waals surface area contributed by atoms with Crippen LogP contribution in [0.2, 0.25) is 0 Å². The minimum Gasteiger partial charge on any atom is -0.454 e. The highest BCUT2D eigenvalue weighted by atomic mass is 16.7. The predicted octanol–water partition coefficient (Wildman–Crippen LogP) is 4.50. The van der Waals surface area contributed by atoms with Gasteiger partial charge in [0.1, 0.15) is 17.8 Å². The fraction of sp³-hybridized carbons (Fsp3) is 0.227. The maximum Gasteiger partial charge on any atom is 0.274 e. The summed E-state index contributed by atoms with van der Waals surface area (Å²) in [6, 6.07) is 14.9. The summed E-state index contributed by atoms with van der Waals surface area (Å²) in [5.74, 6) is 1.59. The number of nitrogens with one attached hydrogen (secondary N) is 2. The van der Waals surface area contributed by atoms with Crippen molar-refractivity contribution in [3.8, 4) is 11.5 Å². The first-order valence-electron chi connectivity index (χ1n) is 9.30. The molecule has 0 radical (unpaired) electrons. The van der Waals surface area contributed by atoms with Gasteiger partial charge in [0.15, 0.2) is 11.5 Å². The monoisotopic (exact) mass is 390 g/mol. The third kappa shape index (κ3) is 4.13. The molecule has 29 heavy (non-hydrogen) atoms. The minimum atomic E-state index is -0.294. The molecule has 7 heteroatoms. The number of carbonyl (C=O) groups is 1. The number of fused-ring (bicyclic) bond motifs is 1. The van der Waals surface area contributed by atoms with Crippen molar-refractivity contribution in [3.63, 3.8) is 0 Å². The van der Waals surface area contributed by atoms with Crippen molar-refractivity contribution in [1.82, 2.24) is 9.97 Å². The number of aromatic nitrogens is 2. The van der Waals surface area contributed by atoms with E-state index in [1.807, 2.05) is 42.5 Å². The number of hydrogen-bond acceptors (Lipinski definition) is 6. The Kier molecular flexibility index (Phi) is 4.80. The SMILES string of the molecule is CC(C)(C)c1ccccc1NC(=O)c1cc(Nc2ccc3c(c2)OCO3)ncn1. The van der Waals surface area contributed by atoms with E-state index in [4.69, 9.17) is 9.47 Å². The van der Waals surface area contributed by atoms with E-state index in [0.29, 0.717) is 17.3 Å². The van der Waals surface area contributed by atoms with Crippen LogP contribution in [0.15, 0.2) is 54.9 Å². The van der Waals surface area contributed by atoms with Gasteiger partial charge in [-0.15, -0.1) is 0 Å². The molecule has 0 saturated heterocycles. The van der Waals surface area contributed by atoms with Crippen LogP contribution in [0.1, 0.15) is 36.8 Å². The number of anilines is 3. The van der Waals surface area contributed by atoms with Crippen molar-refractivity contribution in [2.45, 2.75) is 26.2 Å². The lowest BCUT2D eigenvalue weighted by Crippen LogP contribution is -2.19. The Morgan fingerprint density at radius 2 is 1.79 bits per heavy atom. The summed E-state index contributed by atoms with van der Waals surface area (Å²) in [6.07, 6.45) is 1.36. The van der Waals surface area contributed by atoms with Gasteiger partial charge >= 0.3 is 0 Å². The summed E-state index contributed by atoms with van der Waals surface area (Å²) >= 11 is 0. The zero-order valence-corrected chi connectivity index (χ0v) is 16.5. The van der Waals surface area contributed by atoms with Crippen molar-refractivity contribution in [2.24, 2.45) is 0 Å². The second kappa shape index (κ2) is 7.43. The molecular weight excluding hydrogens is 368 g/mol. The molecule has 4 rings (SSSR count). The molecule has 0 atom stereocenters. The molecule has 2 heterocycles. The van der Waals surface area contributed by atoms with E-state index in [9.17, 15) is 4.79 Å². The molecule has 3 aromatic rings. The maximum atomic E-state index is 12.8. The Hall–Kier alpha value is -3.61. The number of hydrogen-bond donors (Lipinski definition) is 2. The average Bonchev–Trinajstić information content (AvgIpc) is 3.15. The molecule has 1 amide bonds. The Morgan fingerprint density at radius 3 is 2.62 bits per heavy atom. The summed E-state index contributed by atoms with van der Waals surface area (Å²) < 4.78 is 10.7. The third-order valence-corrected chi connectivity index (χ3v) is 4.53. The summed E-state index contributed by atoms with van der Waals surface area (Å²) in [6.45, 7) is 6.54. The lowest BCUT2D eigenvalue weighted by molar-refractivity contribution is 0.102. The van der Waals surface area contributed by atoms with Crippen LogP contribution in [0.4, 0.5) is 17.2 Å². The smallest absolute Gasteiger partial charge is 0.274 e. The van der Waals surface area contributed by atoms with Crippen molar-refractivity contribution in [2.75, 3.05) is 17.4 Å². The van der Waals surface area contributed by atoms with E-state index in [1.165, 1.54) is 6.33 Å². The number of amides is 1. The highest BCUT2D eigenvalue weighted by Crippen LogP contribution is 2.35. The minimum absolute atomic E-state index is 0.0956. The third-order valence-electron chi connectivity index (χ3n) is 4.53. The molecule has 0 unspecified atom stereocenters. The summed E-state index contributed by atoms with van der Waals surface area (Å²) in [7, 11) is 0. The van der Waals surface area contributed by atoms with Gasteiger partial charge in [-0.2, -0.15) is 0 Å². The van der Waals surface area contributed by atoms with Crippen LogP contribution in [-0.4, -0.2) is 22.7 Å². The number of para-hydroxylation sites is 1. The fourth-order valence-electron chi connectivity index (χ4n) is 3.10. The van der Waals surface area contributed by atoms with Crippen molar-refractivity contribution in [1.29, 1.82) is 0 Å². The van der Waals surface area contributed by atoms with E-state index in [-0.39, 0.29) is 23.8 Å². The first-order chi connectivity index (χ1) is 13.9. The molecule has 1 aliphatic heterocycles. The molecule has 2 N–H and O–H groups in total. The van der Waals surface area contributed by atoms with Crippen LogP contribution >= 0.6 is 0 Å². The van der Waals surface area contributed by atoms with Crippen molar-refractivity contribution < 1.29 is 14.3 Å². The highest BCUT2D eigenvalue weighted by molar-refractivity contribution is 6.03. The largest absolute Gasteiger partial charge is 0.454 e. The second-order valence-corrected chi connectivity index (χ2v) is 7.73. The molecule has 7 nitrogen and oxygen atoms in total. The predicted molar refractivity (Wildman–Crippen MR) is 111 cm³/mol. The van der Waals surface area contributed by atoms with Crippen LogP contribution < -0.4 is 20.1 Å². The number of rotatable bonds is 4. The molecule has 0 spiro atoms. The van der Waals surface area contributed by atoms with E-state index in [1.54, 1.807) is 6.07 Å². The van der Waals surface area contributed by atoms with Crippen LogP contribution in [0, 0.1) is 0 Å². The van der Waals surface area contributed by atoms with Crippen LogP contribution in [0.5, 0.6) is 11.5 Å². The number of nitrogens with zero attached hydrogens (tertiary/aromatic N) is 2. The number of carbonyl (C=O) groups excluding carboxylic acids is 1. The lowest BCUT2D eigenvalue weighted by Gasteiger charge is -2.22. The molecule has 1 aliphatic rings. The molecule has 1 aromatic heterocycles.